The van der Waals surface area contributed by atoms with Crippen molar-refractivity contribution in [2.24, 2.45) is 5.92 Å². The molecule has 0 heterocycles. The van der Waals surface area contributed by atoms with Crippen LogP contribution in [0, 0.1) is 12.8 Å². The summed E-state index contributed by atoms with van der Waals surface area (Å²) in [7, 11) is -3.94. The molecule has 0 saturated heterocycles. The van der Waals surface area contributed by atoms with E-state index in [2.05, 4.69) is 5.32 Å². The van der Waals surface area contributed by atoms with Crippen LogP contribution in [-0.4, -0.2) is 26.8 Å². The fraction of sp³-hybridized carbons (Fsp3) is 0.259. The van der Waals surface area contributed by atoms with Gasteiger partial charge in [0.25, 0.3) is 0 Å². The Bertz CT molecular complexity index is 1220. The van der Waals surface area contributed by atoms with E-state index in [4.69, 9.17) is 8.92 Å². The maximum absolute atomic E-state index is 12.5. The normalized spacial score (nSPS) is 11.9. The third kappa shape index (κ3) is 8.57. The van der Waals surface area contributed by atoms with Crippen molar-refractivity contribution >= 4 is 22.0 Å². The summed E-state index contributed by atoms with van der Waals surface area (Å²) in [5, 5.41) is 2.76. The van der Waals surface area contributed by atoms with Gasteiger partial charge in [-0.1, -0.05) is 60.2 Å². The van der Waals surface area contributed by atoms with E-state index < -0.39 is 10.1 Å². The van der Waals surface area contributed by atoms with Crippen LogP contribution in [-0.2, 0) is 37.5 Å². The second-order valence-electron chi connectivity index (χ2n) is 8.35. The molecule has 35 heavy (non-hydrogen) atoms. The maximum Gasteiger partial charge on any atom is 0.339 e. The highest BCUT2D eigenvalue weighted by atomic mass is 32.2. The monoisotopic (exact) mass is 495 g/mol. The Hall–Kier alpha value is -3.65. The quantitative estimate of drug-likeness (QED) is 0.316. The third-order valence-corrected chi connectivity index (χ3v) is 6.56. The topological polar surface area (TPSA) is 98.8 Å². The van der Waals surface area contributed by atoms with E-state index in [1.54, 1.807) is 36.4 Å². The summed E-state index contributed by atoms with van der Waals surface area (Å²) in [5.41, 5.74) is 2.72. The lowest BCUT2D eigenvalue weighted by molar-refractivity contribution is -0.146. The van der Waals surface area contributed by atoms with Gasteiger partial charge in [0.15, 0.2) is 0 Å². The number of carbonyl (C=O) groups is 2. The number of hydrogen-bond donors (Lipinski definition) is 1. The Kier molecular flexibility index (Phi) is 9.03. The van der Waals surface area contributed by atoms with Crippen LogP contribution in [0.15, 0.2) is 83.8 Å². The second kappa shape index (κ2) is 12.2. The first-order chi connectivity index (χ1) is 16.7. The molecule has 0 aliphatic rings. The molecule has 3 aromatic carbocycles. The highest BCUT2D eigenvalue weighted by Gasteiger charge is 2.18. The second-order valence-corrected chi connectivity index (χ2v) is 9.90. The molecule has 0 aliphatic heterocycles. The molecule has 7 nitrogen and oxygen atoms in total. The van der Waals surface area contributed by atoms with Crippen molar-refractivity contribution < 1.29 is 26.9 Å². The number of nitrogens with one attached hydrogen (secondary N) is 1. The SMILES string of the molecule is CC(=O)NCC(CC(=O)OCc1ccccc1)Cc1ccc(OS(=O)(=O)c2ccc(C)cc2)cc1. The fourth-order valence-corrected chi connectivity index (χ4v) is 4.36. The largest absolute Gasteiger partial charge is 0.461 e. The summed E-state index contributed by atoms with van der Waals surface area (Å²) in [6.07, 6.45) is 0.624. The first-order valence-electron chi connectivity index (χ1n) is 11.3. The van der Waals surface area contributed by atoms with E-state index in [1.165, 1.54) is 19.1 Å². The zero-order chi connectivity index (χ0) is 25.3. The van der Waals surface area contributed by atoms with Crippen molar-refractivity contribution in [2.75, 3.05) is 6.54 Å². The summed E-state index contributed by atoms with van der Waals surface area (Å²) in [6.45, 7) is 3.80. The Balaban J connectivity index is 1.61. The van der Waals surface area contributed by atoms with Gasteiger partial charge in [0.05, 0.1) is 6.42 Å². The lowest BCUT2D eigenvalue weighted by Crippen LogP contribution is -2.30. The van der Waals surface area contributed by atoms with Gasteiger partial charge in [0, 0.05) is 13.5 Å². The van der Waals surface area contributed by atoms with Gasteiger partial charge in [0.2, 0.25) is 5.91 Å². The number of amides is 1. The number of aryl methyl sites for hydroxylation is 1. The summed E-state index contributed by atoms with van der Waals surface area (Å²) >= 11 is 0. The number of esters is 1. The summed E-state index contributed by atoms with van der Waals surface area (Å²) in [5.74, 6) is -0.536. The summed E-state index contributed by atoms with van der Waals surface area (Å²) in [4.78, 5) is 23.9. The average Bonchev–Trinajstić information content (AvgIpc) is 2.83. The molecule has 0 spiro atoms. The molecular formula is C27H29NO6S. The van der Waals surface area contributed by atoms with E-state index in [1.807, 2.05) is 37.3 Å². The predicted molar refractivity (Wildman–Crippen MR) is 132 cm³/mol. The smallest absolute Gasteiger partial charge is 0.339 e. The van der Waals surface area contributed by atoms with Gasteiger partial charge in [-0.05, 0) is 54.7 Å². The molecule has 1 N–H and O–H groups in total. The molecular weight excluding hydrogens is 466 g/mol. The molecule has 0 aromatic heterocycles. The minimum atomic E-state index is -3.94. The predicted octanol–water partition coefficient (Wildman–Crippen LogP) is 4.19. The molecule has 0 aliphatic carbocycles. The van der Waals surface area contributed by atoms with Gasteiger partial charge in [-0.25, -0.2) is 0 Å². The van der Waals surface area contributed by atoms with Crippen LogP contribution in [0.4, 0.5) is 0 Å². The van der Waals surface area contributed by atoms with E-state index in [0.29, 0.717) is 13.0 Å². The summed E-state index contributed by atoms with van der Waals surface area (Å²) in [6, 6.07) is 22.5. The summed E-state index contributed by atoms with van der Waals surface area (Å²) < 4.78 is 35.6. The van der Waals surface area contributed by atoms with Crippen LogP contribution in [0.25, 0.3) is 0 Å². The molecule has 0 saturated carbocycles. The molecule has 0 bridgehead atoms. The molecule has 0 fully saturated rings. The van der Waals surface area contributed by atoms with Gasteiger partial charge in [-0.15, -0.1) is 0 Å². The van der Waals surface area contributed by atoms with Crippen molar-refractivity contribution in [3.05, 3.63) is 95.6 Å². The van der Waals surface area contributed by atoms with Crippen molar-refractivity contribution in [3.63, 3.8) is 0 Å². The molecule has 1 unspecified atom stereocenters. The highest BCUT2D eigenvalue weighted by molar-refractivity contribution is 7.87. The van der Waals surface area contributed by atoms with Crippen LogP contribution in [0.2, 0.25) is 0 Å². The van der Waals surface area contributed by atoms with Crippen LogP contribution < -0.4 is 9.50 Å². The average molecular weight is 496 g/mol. The lowest BCUT2D eigenvalue weighted by atomic mass is 9.96. The number of ether oxygens (including phenoxy) is 1. The zero-order valence-electron chi connectivity index (χ0n) is 19.8. The van der Waals surface area contributed by atoms with E-state index in [9.17, 15) is 18.0 Å². The first kappa shape index (κ1) is 26.0. The molecule has 3 aromatic rings. The lowest BCUT2D eigenvalue weighted by Gasteiger charge is -2.17. The molecule has 3 rings (SSSR count). The van der Waals surface area contributed by atoms with E-state index >= 15 is 0 Å². The minimum absolute atomic E-state index is 0.0802. The fourth-order valence-electron chi connectivity index (χ4n) is 3.43. The zero-order valence-corrected chi connectivity index (χ0v) is 20.6. The molecule has 0 radical (unpaired) electrons. The number of benzene rings is 3. The van der Waals surface area contributed by atoms with Crippen LogP contribution >= 0.6 is 0 Å². The van der Waals surface area contributed by atoms with Crippen LogP contribution in [0.3, 0.4) is 0 Å². The van der Waals surface area contributed by atoms with Gasteiger partial charge < -0.3 is 14.2 Å². The molecule has 1 atom stereocenters. The standard InChI is InChI=1S/C27H29NO6S/c1-20-8-14-26(15-9-20)35(31,32)34-25-12-10-22(11-13-25)16-24(18-28-21(2)29)17-27(30)33-19-23-6-4-3-5-7-23/h3-15,24H,16-19H2,1-2H3,(H,28,29). The highest BCUT2D eigenvalue weighted by Crippen LogP contribution is 2.21. The first-order valence-corrected chi connectivity index (χ1v) is 12.7. The Labute approximate surface area is 206 Å². The third-order valence-electron chi connectivity index (χ3n) is 5.30. The van der Waals surface area contributed by atoms with Crippen LogP contribution in [0.5, 0.6) is 5.75 Å². The van der Waals surface area contributed by atoms with Crippen LogP contribution in [0.1, 0.15) is 30.0 Å². The number of carbonyl (C=O) groups excluding carboxylic acids is 2. The van der Waals surface area contributed by atoms with Gasteiger partial charge in [0.1, 0.15) is 17.3 Å². The van der Waals surface area contributed by atoms with Crippen molar-refractivity contribution in [1.82, 2.24) is 5.32 Å². The van der Waals surface area contributed by atoms with Gasteiger partial charge in [-0.2, -0.15) is 8.42 Å². The molecule has 184 valence electrons. The van der Waals surface area contributed by atoms with Crippen molar-refractivity contribution in [2.45, 2.75) is 38.2 Å². The minimum Gasteiger partial charge on any atom is -0.461 e. The van der Waals surface area contributed by atoms with Crippen molar-refractivity contribution in [3.8, 4) is 5.75 Å². The molecule has 1 amide bonds. The van der Waals surface area contributed by atoms with Gasteiger partial charge in [-0.3, -0.25) is 9.59 Å². The Morgan fingerprint density at radius 3 is 2.17 bits per heavy atom. The van der Waals surface area contributed by atoms with E-state index in [-0.39, 0.29) is 41.5 Å². The Morgan fingerprint density at radius 1 is 0.886 bits per heavy atom. The van der Waals surface area contributed by atoms with Gasteiger partial charge >= 0.3 is 16.1 Å². The van der Waals surface area contributed by atoms with Crippen molar-refractivity contribution in [1.29, 1.82) is 0 Å². The maximum atomic E-state index is 12.5. The Morgan fingerprint density at radius 2 is 1.54 bits per heavy atom. The molecule has 8 heteroatoms. The number of rotatable bonds is 11. The number of hydrogen-bond acceptors (Lipinski definition) is 6. The van der Waals surface area contributed by atoms with E-state index in [0.717, 1.165) is 16.7 Å².